The van der Waals surface area contributed by atoms with E-state index in [0.29, 0.717) is 11.6 Å². The quantitative estimate of drug-likeness (QED) is 0.841. The number of rotatable bonds is 4. The van der Waals surface area contributed by atoms with Crippen molar-refractivity contribution in [3.8, 4) is 6.07 Å². The summed E-state index contributed by atoms with van der Waals surface area (Å²) in [6, 6.07) is 16.0. The molecule has 108 valence electrons. The summed E-state index contributed by atoms with van der Waals surface area (Å²) in [5.74, 6) is 0. The van der Waals surface area contributed by atoms with Crippen LogP contribution < -0.4 is 10.6 Å². The molecule has 2 N–H and O–H groups in total. The zero-order valence-electron chi connectivity index (χ0n) is 12.2. The smallest absolute Gasteiger partial charge is 0.0992 e. The van der Waals surface area contributed by atoms with Crippen LogP contribution >= 0.6 is 15.9 Å². The first-order valence-electron chi connectivity index (χ1n) is 6.82. The molecule has 0 radical (unpaired) electrons. The summed E-state index contributed by atoms with van der Waals surface area (Å²) in [4.78, 5) is 2.26. The van der Waals surface area contributed by atoms with Crippen LogP contribution in [0.3, 0.4) is 0 Å². The van der Waals surface area contributed by atoms with Crippen molar-refractivity contribution in [2.75, 3.05) is 10.6 Å². The van der Waals surface area contributed by atoms with Gasteiger partial charge in [-0.2, -0.15) is 5.26 Å². The van der Waals surface area contributed by atoms with E-state index in [0.717, 1.165) is 28.0 Å². The van der Waals surface area contributed by atoms with E-state index in [4.69, 9.17) is 11.0 Å². The van der Waals surface area contributed by atoms with E-state index < -0.39 is 0 Å². The number of nitrogens with two attached hydrogens (primary N) is 1. The minimum atomic E-state index is 0.314. The summed E-state index contributed by atoms with van der Waals surface area (Å²) < 4.78 is 0.921. The Bertz CT molecular complexity index is 674. The highest BCUT2D eigenvalue weighted by molar-refractivity contribution is 9.10. The molecular formula is C17H18BrN3. The van der Waals surface area contributed by atoms with Gasteiger partial charge >= 0.3 is 0 Å². The predicted molar refractivity (Wildman–Crippen MR) is 91.0 cm³/mol. The molecule has 0 saturated carbocycles. The molecule has 0 amide bonds. The van der Waals surface area contributed by atoms with Crippen molar-refractivity contribution in [1.29, 1.82) is 5.26 Å². The molecule has 2 aromatic carbocycles. The number of nitrogens with zero attached hydrogens (tertiary/aromatic N) is 2. The number of hydrogen-bond acceptors (Lipinski definition) is 3. The molecule has 0 atom stereocenters. The van der Waals surface area contributed by atoms with Crippen molar-refractivity contribution in [2.45, 2.75) is 26.4 Å². The van der Waals surface area contributed by atoms with Gasteiger partial charge in [0.15, 0.2) is 0 Å². The molecule has 0 saturated heterocycles. The average Bonchev–Trinajstić information content (AvgIpc) is 2.46. The van der Waals surface area contributed by atoms with Gasteiger partial charge in [0.2, 0.25) is 0 Å². The first kappa shape index (κ1) is 15.4. The molecule has 0 spiro atoms. The number of hydrogen-bond donors (Lipinski definition) is 1. The Morgan fingerprint density at radius 1 is 1.24 bits per heavy atom. The lowest BCUT2D eigenvalue weighted by Gasteiger charge is -2.30. The van der Waals surface area contributed by atoms with Gasteiger partial charge in [-0.1, -0.05) is 18.2 Å². The number of nitriles is 1. The fraction of sp³-hybridized carbons (Fsp3) is 0.235. The van der Waals surface area contributed by atoms with Crippen LogP contribution in [0.2, 0.25) is 0 Å². The Kier molecular flexibility index (Phi) is 4.87. The van der Waals surface area contributed by atoms with E-state index in [2.05, 4.69) is 40.7 Å². The van der Waals surface area contributed by atoms with Gasteiger partial charge in [0.05, 0.1) is 17.3 Å². The van der Waals surface area contributed by atoms with Gasteiger partial charge in [0, 0.05) is 22.7 Å². The van der Waals surface area contributed by atoms with E-state index in [-0.39, 0.29) is 0 Å². The van der Waals surface area contributed by atoms with Crippen molar-refractivity contribution in [3.05, 3.63) is 58.1 Å². The highest BCUT2D eigenvalue weighted by Crippen LogP contribution is 2.30. The molecular weight excluding hydrogens is 326 g/mol. The third-order valence-corrected chi connectivity index (χ3v) is 4.04. The third kappa shape index (κ3) is 3.56. The van der Waals surface area contributed by atoms with Gasteiger partial charge in [0.1, 0.15) is 0 Å². The van der Waals surface area contributed by atoms with Crippen LogP contribution in [0.1, 0.15) is 25.0 Å². The SMILES string of the molecule is CC(C)N(Cc1ccccc1N)c1ccc(C#N)cc1Br. The molecule has 3 nitrogen and oxygen atoms in total. The maximum atomic E-state index is 8.97. The maximum Gasteiger partial charge on any atom is 0.0992 e. The Hall–Kier alpha value is -1.99. The summed E-state index contributed by atoms with van der Waals surface area (Å²) >= 11 is 3.56. The van der Waals surface area contributed by atoms with Crippen molar-refractivity contribution in [3.63, 3.8) is 0 Å². The van der Waals surface area contributed by atoms with E-state index >= 15 is 0 Å². The van der Waals surface area contributed by atoms with Gasteiger partial charge in [0.25, 0.3) is 0 Å². The second-order valence-electron chi connectivity index (χ2n) is 5.20. The number of benzene rings is 2. The zero-order chi connectivity index (χ0) is 15.4. The van der Waals surface area contributed by atoms with Crippen LogP contribution in [-0.2, 0) is 6.54 Å². The molecule has 0 aliphatic heterocycles. The summed E-state index contributed by atoms with van der Waals surface area (Å²) in [7, 11) is 0. The van der Waals surface area contributed by atoms with Crippen molar-refractivity contribution >= 4 is 27.3 Å². The van der Waals surface area contributed by atoms with Crippen LogP contribution in [0.25, 0.3) is 0 Å². The summed E-state index contributed by atoms with van der Waals surface area (Å²) in [5, 5.41) is 8.97. The van der Waals surface area contributed by atoms with Gasteiger partial charge < -0.3 is 10.6 Å². The van der Waals surface area contributed by atoms with Crippen molar-refractivity contribution < 1.29 is 0 Å². The summed E-state index contributed by atoms with van der Waals surface area (Å²) in [5.41, 5.74) is 9.66. The van der Waals surface area contributed by atoms with Crippen molar-refractivity contribution in [1.82, 2.24) is 0 Å². The molecule has 0 fully saturated rings. The molecule has 2 aromatic rings. The summed E-state index contributed by atoms with van der Waals surface area (Å²) in [6.07, 6.45) is 0. The Labute approximate surface area is 134 Å². The molecule has 0 bridgehead atoms. The monoisotopic (exact) mass is 343 g/mol. The fourth-order valence-corrected chi connectivity index (χ4v) is 2.82. The second-order valence-corrected chi connectivity index (χ2v) is 6.05. The largest absolute Gasteiger partial charge is 0.398 e. The second kappa shape index (κ2) is 6.64. The van der Waals surface area contributed by atoms with Crippen LogP contribution in [0.4, 0.5) is 11.4 Å². The standard InChI is InChI=1S/C17H18BrN3/c1-12(2)21(11-14-5-3-4-6-16(14)20)17-8-7-13(10-19)9-15(17)18/h3-9,12H,11,20H2,1-2H3. The fourth-order valence-electron chi connectivity index (χ4n) is 2.22. The molecule has 0 heterocycles. The molecule has 0 unspecified atom stereocenters. The van der Waals surface area contributed by atoms with E-state index in [9.17, 15) is 0 Å². The topological polar surface area (TPSA) is 53.0 Å². The van der Waals surface area contributed by atoms with E-state index in [1.807, 2.05) is 42.5 Å². The van der Waals surface area contributed by atoms with Crippen molar-refractivity contribution in [2.24, 2.45) is 0 Å². The lowest BCUT2D eigenvalue weighted by molar-refractivity contribution is 0.682. The molecule has 21 heavy (non-hydrogen) atoms. The lowest BCUT2D eigenvalue weighted by atomic mass is 10.1. The highest BCUT2D eigenvalue weighted by Gasteiger charge is 2.15. The minimum absolute atomic E-state index is 0.314. The first-order valence-corrected chi connectivity index (χ1v) is 7.62. The van der Waals surface area contributed by atoms with Crippen LogP contribution in [-0.4, -0.2) is 6.04 Å². The van der Waals surface area contributed by atoms with Gasteiger partial charge in [-0.15, -0.1) is 0 Å². The van der Waals surface area contributed by atoms with Gasteiger partial charge in [-0.3, -0.25) is 0 Å². The summed E-state index contributed by atoms with van der Waals surface area (Å²) in [6.45, 7) is 5.02. The van der Waals surface area contributed by atoms with Crippen LogP contribution in [0, 0.1) is 11.3 Å². The number of halogens is 1. The third-order valence-electron chi connectivity index (χ3n) is 3.41. The Morgan fingerprint density at radius 3 is 2.52 bits per heavy atom. The molecule has 0 aromatic heterocycles. The van der Waals surface area contributed by atoms with Crippen LogP contribution in [0.15, 0.2) is 46.9 Å². The molecule has 4 heteroatoms. The predicted octanol–water partition coefficient (Wildman–Crippen LogP) is 4.32. The Balaban J connectivity index is 2.36. The molecule has 0 aliphatic carbocycles. The van der Waals surface area contributed by atoms with Gasteiger partial charge in [-0.25, -0.2) is 0 Å². The lowest BCUT2D eigenvalue weighted by Crippen LogP contribution is -2.30. The van der Waals surface area contributed by atoms with E-state index in [1.54, 1.807) is 0 Å². The van der Waals surface area contributed by atoms with Gasteiger partial charge in [-0.05, 0) is 59.6 Å². The normalized spacial score (nSPS) is 10.4. The molecule has 2 rings (SSSR count). The number of para-hydroxylation sites is 1. The molecule has 0 aliphatic rings. The highest BCUT2D eigenvalue weighted by atomic mass is 79.9. The maximum absolute atomic E-state index is 8.97. The van der Waals surface area contributed by atoms with E-state index in [1.165, 1.54) is 0 Å². The first-order chi connectivity index (χ1) is 10.0. The minimum Gasteiger partial charge on any atom is -0.398 e. The zero-order valence-corrected chi connectivity index (χ0v) is 13.8. The average molecular weight is 344 g/mol. The number of nitrogen functional groups attached to an aromatic ring is 1. The number of anilines is 2. The Morgan fingerprint density at radius 2 is 1.95 bits per heavy atom. The van der Waals surface area contributed by atoms with Crippen LogP contribution in [0.5, 0.6) is 0 Å².